The maximum absolute atomic E-state index is 11.8. The first-order valence-electron chi connectivity index (χ1n) is 13.9. The molecule has 2 nitrogen and oxygen atoms in total. The second kappa shape index (κ2) is 14.7. The van der Waals surface area contributed by atoms with Crippen molar-refractivity contribution < 1.29 is 9.59 Å². The number of hydrogen-bond acceptors (Lipinski definition) is 2. The fourth-order valence-electron chi connectivity index (χ4n) is 4.81. The number of carbonyl (C=O) groups excluding carboxylic acids is 2. The summed E-state index contributed by atoms with van der Waals surface area (Å²) in [7, 11) is 0. The number of carbonyl (C=O) groups is 2. The third-order valence-electron chi connectivity index (χ3n) is 7.01. The van der Waals surface area contributed by atoms with Crippen LogP contribution >= 0.6 is 31.9 Å². The number of benzene rings is 6. The van der Waals surface area contributed by atoms with Crippen molar-refractivity contribution in [2.45, 2.75) is 6.42 Å². The predicted octanol–water partition coefficient (Wildman–Crippen LogP) is 10.9. The second-order valence-electron chi connectivity index (χ2n) is 9.90. The van der Waals surface area contributed by atoms with Gasteiger partial charge < -0.3 is 0 Å². The van der Waals surface area contributed by atoms with Crippen LogP contribution in [0, 0.1) is 0 Å². The third kappa shape index (κ3) is 7.92. The first-order valence-corrected chi connectivity index (χ1v) is 15.4. The summed E-state index contributed by atoms with van der Waals surface area (Å²) in [5, 5.41) is 0. The molecule has 1 aliphatic carbocycles. The van der Waals surface area contributed by atoms with E-state index in [9.17, 15) is 9.59 Å². The lowest BCUT2D eigenvalue weighted by Crippen LogP contribution is -2.14. The number of hydrogen-bond donors (Lipinski definition) is 0. The molecule has 0 saturated carbocycles. The summed E-state index contributed by atoms with van der Waals surface area (Å²) in [6.07, 6.45) is 1.10. The standard InChI is InChI=1S/C14H10O2.C13H10.C12H8Br2/c15-13(11-7-3-1-4-8-11)14(16)12-9-5-2-6-10-12;1-3-7-12-10(5-1)9-11-6-2-4-8-13(11)12;13-11-5-1-9(2-6-11)10-3-7-12(14)8-4-10/h1-10H;1-8H,9H2;1-8H. The van der Waals surface area contributed by atoms with Crippen LogP contribution in [-0.4, -0.2) is 11.6 Å². The molecule has 1 aliphatic rings. The Labute approximate surface area is 269 Å². The molecular weight excluding hydrogens is 660 g/mol. The van der Waals surface area contributed by atoms with Gasteiger partial charge in [0.15, 0.2) is 0 Å². The molecule has 6 aromatic carbocycles. The highest BCUT2D eigenvalue weighted by Gasteiger charge is 2.17. The molecule has 210 valence electrons. The van der Waals surface area contributed by atoms with Crippen LogP contribution in [-0.2, 0) is 6.42 Å². The van der Waals surface area contributed by atoms with Crippen molar-refractivity contribution in [3.8, 4) is 22.3 Å². The average Bonchev–Trinajstić information content (AvgIpc) is 3.45. The van der Waals surface area contributed by atoms with Crippen molar-refractivity contribution >= 4 is 43.4 Å². The van der Waals surface area contributed by atoms with E-state index < -0.39 is 11.6 Å². The summed E-state index contributed by atoms with van der Waals surface area (Å²) in [6.45, 7) is 0. The van der Waals surface area contributed by atoms with Gasteiger partial charge in [-0.1, -0.05) is 165 Å². The van der Waals surface area contributed by atoms with Gasteiger partial charge in [-0.3, -0.25) is 9.59 Å². The summed E-state index contributed by atoms with van der Waals surface area (Å²) in [6, 6.07) is 51.1. The molecule has 7 rings (SSSR count). The Morgan fingerprint density at radius 2 is 0.721 bits per heavy atom. The summed E-state index contributed by atoms with van der Waals surface area (Å²) < 4.78 is 2.22. The van der Waals surface area contributed by atoms with Crippen LogP contribution in [0.2, 0.25) is 0 Å². The molecule has 0 spiro atoms. The van der Waals surface area contributed by atoms with Crippen molar-refractivity contribution in [1.82, 2.24) is 0 Å². The van der Waals surface area contributed by atoms with Crippen LogP contribution in [0.1, 0.15) is 31.8 Å². The molecule has 4 heteroatoms. The molecule has 43 heavy (non-hydrogen) atoms. The summed E-state index contributed by atoms with van der Waals surface area (Å²) in [5.74, 6) is -0.932. The predicted molar refractivity (Wildman–Crippen MR) is 184 cm³/mol. The molecular formula is C39H28Br2O2. The quantitative estimate of drug-likeness (QED) is 0.136. The van der Waals surface area contributed by atoms with Crippen molar-refractivity contribution in [1.29, 1.82) is 0 Å². The van der Waals surface area contributed by atoms with Gasteiger partial charge in [-0.25, -0.2) is 0 Å². The maximum atomic E-state index is 11.8. The minimum absolute atomic E-state index is 0.427. The molecule has 0 aliphatic heterocycles. The maximum Gasteiger partial charge on any atom is 0.233 e. The lowest BCUT2D eigenvalue weighted by atomic mass is 10.0. The van der Waals surface area contributed by atoms with Crippen LogP contribution in [0.3, 0.4) is 0 Å². The zero-order valence-corrected chi connectivity index (χ0v) is 26.5. The van der Waals surface area contributed by atoms with E-state index in [0.29, 0.717) is 11.1 Å². The minimum Gasteiger partial charge on any atom is -0.285 e. The Hall–Kier alpha value is -4.38. The Morgan fingerprint density at radius 3 is 1.09 bits per heavy atom. The zero-order valence-electron chi connectivity index (χ0n) is 23.3. The Balaban J connectivity index is 0.000000129. The van der Waals surface area contributed by atoms with Gasteiger partial charge in [0.1, 0.15) is 0 Å². The van der Waals surface area contributed by atoms with Gasteiger partial charge in [0.2, 0.25) is 11.6 Å². The molecule has 0 unspecified atom stereocenters. The van der Waals surface area contributed by atoms with E-state index in [1.54, 1.807) is 48.5 Å². The lowest BCUT2D eigenvalue weighted by Gasteiger charge is -2.01. The lowest BCUT2D eigenvalue weighted by molar-refractivity contribution is 0.0817. The van der Waals surface area contributed by atoms with Crippen LogP contribution in [0.4, 0.5) is 0 Å². The molecule has 0 radical (unpaired) electrons. The van der Waals surface area contributed by atoms with Crippen LogP contribution in [0.25, 0.3) is 22.3 Å². The fraction of sp³-hybridized carbons (Fsp3) is 0.0256. The smallest absolute Gasteiger partial charge is 0.233 e. The molecule has 0 saturated heterocycles. The Morgan fingerprint density at radius 1 is 0.395 bits per heavy atom. The highest BCUT2D eigenvalue weighted by Crippen LogP contribution is 2.35. The van der Waals surface area contributed by atoms with Crippen LogP contribution in [0.15, 0.2) is 167 Å². The zero-order chi connectivity index (χ0) is 30.0. The average molecular weight is 688 g/mol. The molecule has 0 heterocycles. The topological polar surface area (TPSA) is 34.1 Å². The molecule has 0 fully saturated rings. The molecule has 6 aromatic rings. The van der Waals surface area contributed by atoms with Crippen LogP contribution in [0.5, 0.6) is 0 Å². The van der Waals surface area contributed by atoms with Crippen LogP contribution < -0.4 is 0 Å². The Kier molecular flexibility index (Phi) is 10.3. The van der Waals surface area contributed by atoms with E-state index in [2.05, 4.69) is 129 Å². The fourth-order valence-corrected chi connectivity index (χ4v) is 5.33. The normalized spacial score (nSPS) is 10.7. The van der Waals surface area contributed by atoms with Gasteiger partial charge in [0, 0.05) is 20.1 Å². The Bertz CT molecular complexity index is 1680. The van der Waals surface area contributed by atoms with E-state index in [1.807, 2.05) is 12.1 Å². The second-order valence-corrected chi connectivity index (χ2v) is 11.7. The van der Waals surface area contributed by atoms with Gasteiger partial charge in [-0.2, -0.15) is 0 Å². The number of fused-ring (bicyclic) bond motifs is 3. The molecule has 0 aromatic heterocycles. The largest absolute Gasteiger partial charge is 0.285 e. The van der Waals surface area contributed by atoms with Crippen molar-refractivity contribution in [2.24, 2.45) is 0 Å². The molecule has 0 amide bonds. The SMILES string of the molecule is Brc1ccc(-c2ccc(Br)cc2)cc1.O=C(C(=O)c1ccccc1)c1ccccc1.c1ccc2c(c1)Cc1ccccc1-2. The summed E-state index contributed by atoms with van der Waals surface area (Å²) in [5.41, 5.74) is 9.08. The van der Waals surface area contributed by atoms with Gasteiger partial charge in [-0.05, 0) is 64.1 Å². The molecule has 0 N–H and O–H groups in total. The van der Waals surface area contributed by atoms with Crippen molar-refractivity contribution in [3.05, 3.63) is 189 Å². The van der Waals surface area contributed by atoms with Gasteiger partial charge in [0.05, 0.1) is 0 Å². The third-order valence-corrected chi connectivity index (χ3v) is 8.06. The van der Waals surface area contributed by atoms with Gasteiger partial charge in [-0.15, -0.1) is 0 Å². The summed E-state index contributed by atoms with van der Waals surface area (Å²) >= 11 is 6.84. The van der Waals surface area contributed by atoms with E-state index >= 15 is 0 Å². The minimum atomic E-state index is -0.466. The van der Waals surface area contributed by atoms with E-state index in [1.165, 1.54) is 33.4 Å². The van der Waals surface area contributed by atoms with E-state index in [4.69, 9.17) is 0 Å². The first kappa shape index (κ1) is 30.1. The number of rotatable bonds is 4. The highest BCUT2D eigenvalue weighted by atomic mass is 79.9. The molecule has 0 bridgehead atoms. The van der Waals surface area contributed by atoms with Gasteiger partial charge >= 0.3 is 0 Å². The van der Waals surface area contributed by atoms with E-state index in [0.717, 1.165) is 15.4 Å². The van der Waals surface area contributed by atoms with Gasteiger partial charge in [0.25, 0.3) is 0 Å². The van der Waals surface area contributed by atoms with Crippen molar-refractivity contribution in [3.63, 3.8) is 0 Å². The van der Waals surface area contributed by atoms with E-state index in [-0.39, 0.29) is 0 Å². The number of ketones is 2. The molecule has 0 atom stereocenters. The number of halogens is 2. The number of Topliss-reactive ketones (excluding diaryl/α,β-unsaturated/α-hetero) is 2. The monoisotopic (exact) mass is 686 g/mol. The highest BCUT2D eigenvalue weighted by molar-refractivity contribution is 9.10. The van der Waals surface area contributed by atoms with Crippen molar-refractivity contribution in [2.75, 3.05) is 0 Å². The summed E-state index contributed by atoms with van der Waals surface area (Å²) in [4.78, 5) is 23.6. The first-order chi connectivity index (χ1) is 21.0.